The second kappa shape index (κ2) is 7.52. The van der Waals surface area contributed by atoms with Crippen LogP contribution >= 0.6 is 0 Å². The van der Waals surface area contributed by atoms with Crippen LogP contribution in [0.2, 0.25) is 0 Å². The number of carbonyl (C=O) groups is 2. The van der Waals surface area contributed by atoms with Crippen LogP contribution in [-0.4, -0.2) is 59.4 Å². The van der Waals surface area contributed by atoms with Crippen molar-refractivity contribution >= 4 is 55.6 Å². The van der Waals surface area contributed by atoms with E-state index >= 15 is 0 Å². The first-order valence-electron chi connectivity index (χ1n) is 13.2. The van der Waals surface area contributed by atoms with Gasteiger partial charge in [0.2, 0.25) is 0 Å². The van der Waals surface area contributed by atoms with E-state index in [1.165, 1.54) is 7.11 Å². The molecule has 3 aliphatic rings. The molecule has 9 heteroatoms. The summed E-state index contributed by atoms with van der Waals surface area (Å²) in [6.07, 6.45) is -0.871. The van der Waals surface area contributed by atoms with Crippen molar-refractivity contribution in [3.8, 4) is 0 Å². The maximum absolute atomic E-state index is 13.4. The van der Waals surface area contributed by atoms with E-state index in [0.717, 1.165) is 54.7 Å². The van der Waals surface area contributed by atoms with Gasteiger partial charge in [-0.05, 0) is 24.6 Å². The van der Waals surface area contributed by atoms with Gasteiger partial charge in [-0.2, -0.15) is 0 Å². The fourth-order valence-electron chi connectivity index (χ4n) is 7.67. The van der Waals surface area contributed by atoms with Crippen LogP contribution in [0.3, 0.4) is 0 Å². The van der Waals surface area contributed by atoms with Crippen LogP contribution in [0.1, 0.15) is 35.5 Å². The number of hydrogen-bond acceptors (Lipinski definition) is 5. The molecular formula is C30H28N4O5. The number of ether oxygens (including phenoxy) is 3. The van der Waals surface area contributed by atoms with Gasteiger partial charge in [0, 0.05) is 48.7 Å². The summed E-state index contributed by atoms with van der Waals surface area (Å²) >= 11 is 0. The number of nitrogens with one attached hydrogen (secondary N) is 1. The third kappa shape index (κ3) is 2.57. The predicted molar refractivity (Wildman–Crippen MR) is 147 cm³/mol. The highest BCUT2D eigenvalue weighted by atomic mass is 16.6. The van der Waals surface area contributed by atoms with Gasteiger partial charge in [-0.15, -0.1) is 0 Å². The quantitative estimate of drug-likeness (QED) is 0.357. The maximum atomic E-state index is 13.4. The van der Waals surface area contributed by atoms with Crippen LogP contribution < -0.4 is 5.32 Å². The lowest BCUT2D eigenvalue weighted by Gasteiger charge is -2.50. The van der Waals surface area contributed by atoms with Gasteiger partial charge in [0.1, 0.15) is 12.3 Å². The summed E-state index contributed by atoms with van der Waals surface area (Å²) in [4.78, 5) is 27.9. The van der Waals surface area contributed by atoms with Crippen molar-refractivity contribution in [1.29, 1.82) is 0 Å². The number of amides is 2. The highest BCUT2D eigenvalue weighted by molar-refractivity contribution is 6.31. The molecule has 2 bridgehead atoms. The first kappa shape index (κ1) is 22.9. The number of benzene rings is 3. The molecule has 2 unspecified atom stereocenters. The number of methoxy groups -OCH3 is 2. The standard InChI is InChI=1S/C30H28N4O5/c1-30-27(37-3)20(32(2)29(36)38-4)13-21(39-30)33-18-11-7-5-9-15(18)23-24-17(14-31-28(24)35)22-16-10-6-8-12-19(16)34(30)26(22)25(23)33/h5-12,20-21,27H,13-14H2,1-4H3,(H,31,35)/t20?,21-,27?,30+/m0/s1. The second-order valence-electron chi connectivity index (χ2n) is 10.9. The Bertz CT molecular complexity index is 1900. The van der Waals surface area contributed by atoms with Gasteiger partial charge < -0.3 is 33.6 Å². The molecule has 198 valence electrons. The number of rotatable bonds is 2. The Morgan fingerprint density at radius 3 is 2.46 bits per heavy atom. The molecule has 5 aromatic rings. The highest BCUT2D eigenvalue weighted by Gasteiger charge is 2.55. The molecule has 8 rings (SSSR count). The Balaban J connectivity index is 1.62. The zero-order valence-corrected chi connectivity index (χ0v) is 22.1. The normalized spacial score (nSPS) is 25.4. The summed E-state index contributed by atoms with van der Waals surface area (Å²) in [7, 11) is 4.81. The summed E-state index contributed by atoms with van der Waals surface area (Å²) in [6, 6.07) is 16.1. The zero-order valence-electron chi connectivity index (χ0n) is 22.1. The van der Waals surface area contributed by atoms with E-state index in [0.29, 0.717) is 13.0 Å². The van der Waals surface area contributed by atoms with Crippen molar-refractivity contribution in [2.24, 2.45) is 0 Å². The molecule has 0 aliphatic carbocycles. The molecule has 0 radical (unpaired) electrons. The molecule has 1 N–H and O–H groups in total. The molecule has 2 amide bonds. The monoisotopic (exact) mass is 524 g/mol. The molecule has 3 aromatic carbocycles. The molecule has 1 saturated heterocycles. The van der Waals surface area contributed by atoms with Crippen LogP contribution in [0.25, 0.3) is 43.6 Å². The number of carbonyl (C=O) groups excluding carboxylic acids is 2. The SMILES string of the molecule is COC(=O)N(C)C1C[C@@H]2O[C@](C)(C1OC)n1c3ccccc3c3c4c(c5c6ccccc6n2c5c31)C(=O)NC4. The third-order valence-corrected chi connectivity index (χ3v) is 9.16. The van der Waals surface area contributed by atoms with E-state index < -0.39 is 24.2 Å². The van der Waals surface area contributed by atoms with Gasteiger partial charge in [-0.1, -0.05) is 36.4 Å². The van der Waals surface area contributed by atoms with E-state index in [9.17, 15) is 9.59 Å². The smallest absolute Gasteiger partial charge is 0.409 e. The summed E-state index contributed by atoms with van der Waals surface area (Å²) in [5, 5.41) is 7.17. The lowest BCUT2D eigenvalue weighted by Crippen LogP contribution is -2.61. The molecular weight excluding hydrogens is 496 g/mol. The van der Waals surface area contributed by atoms with Gasteiger partial charge in [0.05, 0.1) is 40.8 Å². The Hall–Kier alpha value is -4.08. The number of hydrogen-bond donors (Lipinski definition) is 1. The van der Waals surface area contributed by atoms with Crippen LogP contribution in [0.15, 0.2) is 48.5 Å². The number of likely N-dealkylation sites (N-methyl/N-ethyl adjacent to an activating group) is 1. The number of para-hydroxylation sites is 2. The van der Waals surface area contributed by atoms with Gasteiger partial charge in [0.25, 0.3) is 5.91 Å². The average Bonchev–Trinajstić information content (AvgIpc) is 3.59. The molecule has 0 spiro atoms. The topological polar surface area (TPSA) is 87.0 Å². The van der Waals surface area contributed by atoms with E-state index in [4.69, 9.17) is 14.2 Å². The summed E-state index contributed by atoms with van der Waals surface area (Å²) < 4.78 is 22.9. The molecule has 5 heterocycles. The minimum Gasteiger partial charge on any atom is -0.453 e. The summed E-state index contributed by atoms with van der Waals surface area (Å²) in [5.41, 5.74) is 4.74. The molecule has 0 saturated carbocycles. The second-order valence-corrected chi connectivity index (χ2v) is 10.9. The minimum absolute atomic E-state index is 0.0518. The zero-order chi connectivity index (χ0) is 26.8. The van der Waals surface area contributed by atoms with E-state index in [1.54, 1.807) is 19.1 Å². The Morgan fingerprint density at radius 2 is 1.74 bits per heavy atom. The lowest BCUT2D eigenvalue weighted by atomic mass is 9.92. The Labute approximate surface area is 223 Å². The molecule has 1 fully saturated rings. The van der Waals surface area contributed by atoms with Crippen molar-refractivity contribution in [3.63, 3.8) is 0 Å². The third-order valence-electron chi connectivity index (χ3n) is 9.16. The van der Waals surface area contributed by atoms with Crippen LogP contribution in [-0.2, 0) is 26.5 Å². The van der Waals surface area contributed by atoms with Crippen molar-refractivity contribution in [2.45, 2.75) is 44.0 Å². The van der Waals surface area contributed by atoms with Gasteiger partial charge in [0.15, 0.2) is 5.72 Å². The molecule has 3 aliphatic heterocycles. The maximum Gasteiger partial charge on any atom is 0.409 e. The summed E-state index contributed by atoms with van der Waals surface area (Å²) in [6.45, 7) is 2.52. The van der Waals surface area contributed by atoms with Crippen molar-refractivity contribution in [2.75, 3.05) is 21.3 Å². The van der Waals surface area contributed by atoms with Crippen molar-refractivity contribution in [3.05, 3.63) is 59.7 Å². The largest absolute Gasteiger partial charge is 0.453 e. The van der Waals surface area contributed by atoms with E-state index in [2.05, 4.69) is 45.6 Å². The number of nitrogens with zero attached hydrogens (tertiary/aromatic N) is 3. The lowest BCUT2D eigenvalue weighted by molar-refractivity contribution is -0.264. The van der Waals surface area contributed by atoms with Crippen molar-refractivity contribution in [1.82, 2.24) is 19.4 Å². The highest BCUT2D eigenvalue weighted by Crippen LogP contribution is 2.54. The molecule has 39 heavy (non-hydrogen) atoms. The van der Waals surface area contributed by atoms with Gasteiger partial charge in [-0.25, -0.2) is 4.79 Å². The minimum atomic E-state index is -0.983. The van der Waals surface area contributed by atoms with Crippen LogP contribution in [0.5, 0.6) is 0 Å². The number of fused-ring (bicyclic) bond motifs is 13. The Kier molecular flexibility index (Phi) is 4.41. The van der Waals surface area contributed by atoms with Crippen LogP contribution in [0, 0.1) is 0 Å². The summed E-state index contributed by atoms with van der Waals surface area (Å²) in [5.74, 6) is -0.0518. The number of aromatic nitrogens is 2. The first-order chi connectivity index (χ1) is 18.9. The average molecular weight is 525 g/mol. The molecule has 4 atom stereocenters. The van der Waals surface area contributed by atoms with Crippen molar-refractivity contribution < 1.29 is 23.8 Å². The fraction of sp³-hybridized carbons (Fsp3) is 0.333. The van der Waals surface area contributed by atoms with Gasteiger partial charge >= 0.3 is 6.09 Å². The Morgan fingerprint density at radius 1 is 1.05 bits per heavy atom. The molecule has 9 nitrogen and oxygen atoms in total. The van der Waals surface area contributed by atoms with E-state index in [1.807, 2.05) is 24.3 Å². The first-order valence-corrected chi connectivity index (χ1v) is 13.2. The fourth-order valence-corrected chi connectivity index (χ4v) is 7.67. The predicted octanol–water partition coefficient (Wildman–Crippen LogP) is 4.83. The van der Waals surface area contributed by atoms with E-state index in [-0.39, 0.29) is 11.9 Å². The van der Waals surface area contributed by atoms with Crippen LogP contribution in [0.4, 0.5) is 4.79 Å². The molecule has 2 aromatic heterocycles. The van der Waals surface area contributed by atoms with Gasteiger partial charge in [-0.3, -0.25) is 4.79 Å².